The van der Waals surface area contributed by atoms with E-state index in [0.717, 1.165) is 18.5 Å². The molecule has 1 aliphatic rings. The zero-order chi connectivity index (χ0) is 21.2. The molecule has 1 N–H and O–H groups in total. The van der Waals surface area contributed by atoms with Gasteiger partial charge in [0, 0.05) is 5.69 Å². The quantitative estimate of drug-likeness (QED) is 0.365. The number of aromatic nitrogens is 2. The third-order valence-electron chi connectivity index (χ3n) is 5.44. The number of para-hydroxylation sites is 1. The molecule has 4 aromatic rings. The van der Waals surface area contributed by atoms with Crippen LogP contribution in [-0.4, -0.2) is 21.2 Å². The number of fused-ring (bicyclic) bond motifs is 2. The molecule has 0 spiro atoms. The maximum absolute atomic E-state index is 13.1. The Labute approximate surface area is 183 Å². The predicted molar refractivity (Wildman–Crippen MR) is 122 cm³/mol. The lowest BCUT2D eigenvalue weighted by atomic mass is 10.1. The van der Waals surface area contributed by atoms with Crippen LogP contribution >= 0.6 is 11.8 Å². The Balaban J connectivity index is 1.37. The molecule has 0 unspecified atom stereocenters. The second-order valence-electron chi connectivity index (χ2n) is 7.56. The van der Waals surface area contributed by atoms with Gasteiger partial charge in [-0.15, -0.1) is 0 Å². The molecule has 2 aromatic carbocycles. The average molecular weight is 432 g/mol. The molecule has 1 amide bonds. The number of hydrogen-bond donors (Lipinski definition) is 1. The molecule has 156 valence electrons. The SMILES string of the molecule is O=C(CSc1nc2ccccc2c(=O)n1Cc1ccco1)Nc1ccc2c(c1)CCC2. The van der Waals surface area contributed by atoms with Crippen LogP contribution in [-0.2, 0) is 24.2 Å². The van der Waals surface area contributed by atoms with Crippen molar-refractivity contribution in [1.29, 1.82) is 0 Å². The highest BCUT2D eigenvalue weighted by molar-refractivity contribution is 7.99. The topological polar surface area (TPSA) is 77.1 Å². The lowest BCUT2D eigenvalue weighted by Gasteiger charge is -2.12. The van der Waals surface area contributed by atoms with Crippen molar-refractivity contribution >= 4 is 34.3 Å². The number of aryl methyl sites for hydroxylation is 2. The number of furan rings is 1. The van der Waals surface area contributed by atoms with Crippen molar-refractivity contribution in [3.05, 3.63) is 88.1 Å². The molecule has 2 heterocycles. The highest BCUT2D eigenvalue weighted by Gasteiger charge is 2.16. The number of hydrogen-bond acceptors (Lipinski definition) is 5. The van der Waals surface area contributed by atoms with Gasteiger partial charge >= 0.3 is 0 Å². The standard InChI is InChI=1S/C24H21N3O3S/c28-22(25-18-11-10-16-5-3-6-17(16)13-18)15-31-24-26-21-9-2-1-8-20(21)23(29)27(24)14-19-7-4-12-30-19/h1-2,4,7-13H,3,5-6,14-15H2,(H,25,28). The number of benzene rings is 2. The number of nitrogens with zero attached hydrogens (tertiary/aromatic N) is 2. The van der Waals surface area contributed by atoms with Crippen LogP contribution in [0.5, 0.6) is 0 Å². The smallest absolute Gasteiger partial charge is 0.262 e. The van der Waals surface area contributed by atoms with E-state index in [9.17, 15) is 9.59 Å². The van der Waals surface area contributed by atoms with Gasteiger partial charge in [0.2, 0.25) is 5.91 Å². The Hall–Kier alpha value is -3.32. The van der Waals surface area contributed by atoms with Gasteiger partial charge in [0.25, 0.3) is 5.56 Å². The Morgan fingerprint density at radius 3 is 2.84 bits per heavy atom. The highest BCUT2D eigenvalue weighted by atomic mass is 32.2. The Morgan fingerprint density at radius 1 is 1.10 bits per heavy atom. The fourth-order valence-corrected chi connectivity index (χ4v) is 4.73. The second-order valence-corrected chi connectivity index (χ2v) is 8.50. The third kappa shape index (κ3) is 4.14. The molecule has 0 atom stereocenters. The average Bonchev–Trinajstić information content (AvgIpc) is 3.46. The molecule has 0 saturated heterocycles. The number of anilines is 1. The van der Waals surface area contributed by atoms with Crippen molar-refractivity contribution in [2.75, 3.05) is 11.1 Å². The Bertz CT molecular complexity index is 1310. The Morgan fingerprint density at radius 2 is 1.97 bits per heavy atom. The van der Waals surface area contributed by atoms with Crippen LogP contribution in [0, 0.1) is 0 Å². The predicted octanol–water partition coefficient (Wildman–Crippen LogP) is 4.26. The number of nitrogens with one attached hydrogen (secondary N) is 1. The summed E-state index contributed by atoms with van der Waals surface area (Å²) in [5.41, 5.74) is 3.96. The summed E-state index contributed by atoms with van der Waals surface area (Å²) in [6.45, 7) is 0.262. The van der Waals surface area contributed by atoms with Gasteiger partial charge in [0.1, 0.15) is 5.76 Å². The first-order chi connectivity index (χ1) is 15.2. The van der Waals surface area contributed by atoms with Crippen LogP contribution in [0.15, 0.2) is 75.2 Å². The van der Waals surface area contributed by atoms with Gasteiger partial charge in [0.05, 0.1) is 29.5 Å². The summed E-state index contributed by atoms with van der Waals surface area (Å²) in [6.07, 6.45) is 4.92. The van der Waals surface area contributed by atoms with Crippen LogP contribution in [0.4, 0.5) is 5.69 Å². The van der Waals surface area contributed by atoms with E-state index in [4.69, 9.17) is 4.42 Å². The Kier molecular flexibility index (Phi) is 5.34. The van der Waals surface area contributed by atoms with Crippen molar-refractivity contribution in [3.8, 4) is 0 Å². The molecule has 2 aromatic heterocycles. The van der Waals surface area contributed by atoms with Crippen LogP contribution in [0.1, 0.15) is 23.3 Å². The maximum atomic E-state index is 13.1. The molecule has 1 aliphatic carbocycles. The molecular weight excluding hydrogens is 410 g/mol. The molecular formula is C24H21N3O3S. The van der Waals surface area contributed by atoms with Crippen molar-refractivity contribution in [3.63, 3.8) is 0 Å². The van der Waals surface area contributed by atoms with Crippen molar-refractivity contribution in [2.45, 2.75) is 31.0 Å². The minimum atomic E-state index is -0.150. The van der Waals surface area contributed by atoms with Crippen LogP contribution < -0.4 is 10.9 Å². The fourth-order valence-electron chi connectivity index (χ4n) is 3.93. The minimum Gasteiger partial charge on any atom is -0.467 e. The first-order valence-electron chi connectivity index (χ1n) is 10.2. The van der Waals surface area contributed by atoms with E-state index < -0.39 is 0 Å². The molecule has 31 heavy (non-hydrogen) atoms. The van der Waals surface area contributed by atoms with Gasteiger partial charge in [-0.1, -0.05) is 30.0 Å². The van der Waals surface area contributed by atoms with Crippen molar-refractivity contribution < 1.29 is 9.21 Å². The second kappa shape index (κ2) is 8.43. The molecule has 0 aliphatic heterocycles. The third-order valence-corrected chi connectivity index (χ3v) is 6.41. The van der Waals surface area contributed by atoms with E-state index in [0.29, 0.717) is 21.8 Å². The first kappa shape index (κ1) is 19.6. The van der Waals surface area contributed by atoms with E-state index in [1.807, 2.05) is 30.3 Å². The summed E-state index contributed by atoms with van der Waals surface area (Å²) >= 11 is 1.25. The number of amides is 1. The lowest BCUT2D eigenvalue weighted by Crippen LogP contribution is -2.24. The fraction of sp³-hybridized carbons (Fsp3) is 0.208. The summed E-state index contributed by atoms with van der Waals surface area (Å²) < 4.78 is 6.99. The largest absolute Gasteiger partial charge is 0.467 e. The summed E-state index contributed by atoms with van der Waals surface area (Å²) in [4.78, 5) is 30.3. The van der Waals surface area contributed by atoms with E-state index in [1.54, 1.807) is 23.0 Å². The maximum Gasteiger partial charge on any atom is 0.262 e. The number of thioether (sulfide) groups is 1. The zero-order valence-corrected chi connectivity index (χ0v) is 17.7. The van der Waals surface area contributed by atoms with E-state index in [2.05, 4.69) is 22.4 Å². The molecule has 0 saturated carbocycles. The monoisotopic (exact) mass is 431 g/mol. The van der Waals surface area contributed by atoms with E-state index in [-0.39, 0.29) is 23.8 Å². The van der Waals surface area contributed by atoms with Crippen LogP contribution in [0.3, 0.4) is 0 Å². The lowest BCUT2D eigenvalue weighted by molar-refractivity contribution is -0.113. The number of carbonyl (C=O) groups excluding carboxylic acids is 1. The van der Waals surface area contributed by atoms with Gasteiger partial charge < -0.3 is 9.73 Å². The summed E-state index contributed by atoms with van der Waals surface area (Å²) in [6, 6.07) is 16.9. The molecule has 0 fully saturated rings. The van der Waals surface area contributed by atoms with Crippen molar-refractivity contribution in [1.82, 2.24) is 9.55 Å². The normalized spacial score (nSPS) is 12.8. The summed E-state index contributed by atoms with van der Waals surface area (Å²) in [7, 11) is 0. The van der Waals surface area contributed by atoms with E-state index in [1.165, 1.54) is 29.3 Å². The van der Waals surface area contributed by atoms with Gasteiger partial charge in [-0.25, -0.2) is 4.98 Å². The summed E-state index contributed by atoms with van der Waals surface area (Å²) in [5, 5.41) is 4.00. The minimum absolute atomic E-state index is 0.130. The van der Waals surface area contributed by atoms with Gasteiger partial charge in [-0.3, -0.25) is 14.2 Å². The zero-order valence-electron chi connectivity index (χ0n) is 16.8. The summed E-state index contributed by atoms with van der Waals surface area (Å²) in [5.74, 6) is 0.679. The first-order valence-corrected chi connectivity index (χ1v) is 11.2. The van der Waals surface area contributed by atoms with E-state index >= 15 is 0 Å². The van der Waals surface area contributed by atoms with Crippen LogP contribution in [0.2, 0.25) is 0 Å². The van der Waals surface area contributed by atoms with Crippen molar-refractivity contribution in [2.24, 2.45) is 0 Å². The number of carbonyl (C=O) groups is 1. The van der Waals surface area contributed by atoms with Gasteiger partial charge in [-0.2, -0.15) is 0 Å². The molecule has 5 rings (SSSR count). The van der Waals surface area contributed by atoms with Gasteiger partial charge in [-0.05, 0) is 66.8 Å². The molecule has 0 radical (unpaired) electrons. The molecule has 0 bridgehead atoms. The highest BCUT2D eigenvalue weighted by Crippen LogP contribution is 2.25. The van der Waals surface area contributed by atoms with Gasteiger partial charge in [0.15, 0.2) is 5.16 Å². The number of rotatable bonds is 6. The molecule has 7 heteroatoms. The molecule has 6 nitrogen and oxygen atoms in total. The van der Waals surface area contributed by atoms with Crippen LogP contribution in [0.25, 0.3) is 10.9 Å².